The van der Waals surface area contributed by atoms with E-state index < -0.39 is 17.1 Å². The Balaban J connectivity index is 2.02. The van der Waals surface area contributed by atoms with Crippen LogP contribution in [-0.4, -0.2) is 58.2 Å². The van der Waals surface area contributed by atoms with Crippen LogP contribution in [0.5, 0.6) is 0 Å². The second kappa shape index (κ2) is 6.49. The third kappa shape index (κ3) is 4.45. The summed E-state index contributed by atoms with van der Waals surface area (Å²) in [6.45, 7) is 6.86. The lowest BCUT2D eigenvalue weighted by Crippen LogP contribution is -2.71. The highest BCUT2D eigenvalue weighted by atomic mass is 32.1. The number of aliphatic carboxylic acids is 1. The molecule has 0 aromatic carbocycles. The number of hydrogen-bond donors (Lipinski definition) is 1. The molecule has 0 bridgehead atoms. The van der Waals surface area contributed by atoms with Gasteiger partial charge in [0, 0.05) is 19.6 Å². The molecule has 0 radical (unpaired) electrons. The number of carbonyl (C=O) groups is 2. The van der Waals surface area contributed by atoms with Crippen molar-refractivity contribution < 1.29 is 19.4 Å². The normalized spacial score (nSPS) is 17.0. The van der Waals surface area contributed by atoms with E-state index in [1.807, 2.05) is 44.2 Å². The smallest absolute Gasteiger partial charge is 0.410 e. The Hall–Kier alpha value is -1.60. The first-order valence-corrected chi connectivity index (χ1v) is 8.48. The Bertz CT molecular complexity index is 559. The van der Waals surface area contributed by atoms with Crippen molar-refractivity contribution in [2.24, 2.45) is 0 Å². The van der Waals surface area contributed by atoms with Gasteiger partial charge in [0.1, 0.15) is 5.60 Å². The maximum Gasteiger partial charge on any atom is 0.410 e. The van der Waals surface area contributed by atoms with Crippen LogP contribution in [-0.2, 0) is 16.1 Å². The molecule has 1 aliphatic heterocycles. The molecule has 1 amide bonds. The number of hydrogen-bond acceptors (Lipinski definition) is 5. The average molecular weight is 340 g/mol. The van der Waals surface area contributed by atoms with Gasteiger partial charge in [0.2, 0.25) is 0 Å². The topological polar surface area (TPSA) is 70.1 Å². The fraction of sp³-hybridized carbons (Fsp3) is 0.625. The number of likely N-dealkylation sites (tertiary alicyclic amines) is 1. The Morgan fingerprint density at radius 1 is 1.43 bits per heavy atom. The van der Waals surface area contributed by atoms with E-state index in [0.717, 1.165) is 5.56 Å². The largest absolute Gasteiger partial charge is 0.481 e. The molecular weight excluding hydrogens is 316 g/mol. The minimum absolute atomic E-state index is 0.00688. The van der Waals surface area contributed by atoms with Crippen molar-refractivity contribution in [3.8, 4) is 0 Å². The summed E-state index contributed by atoms with van der Waals surface area (Å²) < 4.78 is 5.35. The molecule has 0 saturated carbocycles. The van der Waals surface area contributed by atoms with E-state index in [4.69, 9.17) is 4.74 Å². The van der Waals surface area contributed by atoms with Crippen LogP contribution in [0.1, 0.15) is 32.8 Å². The number of ether oxygens (including phenoxy) is 1. The summed E-state index contributed by atoms with van der Waals surface area (Å²) in [6, 6.07) is 2.03. The van der Waals surface area contributed by atoms with Crippen LogP contribution >= 0.6 is 11.3 Å². The van der Waals surface area contributed by atoms with E-state index in [1.54, 1.807) is 16.2 Å². The molecule has 0 unspecified atom stereocenters. The maximum absolute atomic E-state index is 12.1. The van der Waals surface area contributed by atoms with Crippen LogP contribution < -0.4 is 0 Å². The predicted molar refractivity (Wildman–Crippen MR) is 88.6 cm³/mol. The summed E-state index contributed by atoms with van der Waals surface area (Å²) in [5, 5.41) is 13.3. The first-order valence-electron chi connectivity index (χ1n) is 7.53. The Morgan fingerprint density at radius 3 is 2.57 bits per heavy atom. The van der Waals surface area contributed by atoms with Crippen molar-refractivity contribution in [2.45, 2.75) is 44.9 Å². The molecule has 2 heterocycles. The first-order chi connectivity index (χ1) is 10.6. The molecule has 0 atom stereocenters. The van der Waals surface area contributed by atoms with E-state index in [1.165, 1.54) is 0 Å². The molecule has 6 nitrogen and oxygen atoms in total. The van der Waals surface area contributed by atoms with E-state index in [2.05, 4.69) is 5.38 Å². The fourth-order valence-corrected chi connectivity index (χ4v) is 3.37. The van der Waals surface area contributed by atoms with Crippen LogP contribution in [0.25, 0.3) is 0 Å². The SMILES string of the molecule is CN(Cc1ccsc1)C1(CC(=O)O)CN(C(=O)OC(C)(C)C)C1. The lowest BCUT2D eigenvalue weighted by molar-refractivity contribution is -0.145. The van der Waals surface area contributed by atoms with Crippen molar-refractivity contribution in [3.05, 3.63) is 22.4 Å². The van der Waals surface area contributed by atoms with E-state index >= 15 is 0 Å². The molecule has 128 valence electrons. The minimum Gasteiger partial charge on any atom is -0.481 e. The van der Waals surface area contributed by atoms with Gasteiger partial charge in [-0.25, -0.2) is 4.79 Å². The van der Waals surface area contributed by atoms with Gasteiger partial charge in [0.25, 0.3) is 0 Å². The van der Waals surface area contributed by atoms with Crippen molar-refractivity contribution in [1.29, 1.82) is 0 Å². The number of carbonyl (C=O) groups excluding carboxylic acids is 1. The Kier molecular flexibility index (Phi) is 5.01. The van der Waals surface area contributed by atoms with E-state index in [9.17, 15) is 14.7 Å². The predicted octanol–water partition coefficient (Wildman–Crippen LogP) is 2.64. The third-order valence-corrected chi connectivity index (χ3v) is 4.64. The summed E-state index contributed by atoms with van der Waals surface area (Å²) in [5.41, 5.74) is 0.0630. The van der Waals surface area contributed by atoms with Crippen molar-refractivity contribution in [2.75, 3.05) is 20.1 Å². The molecule has 1 aliphatic rings. The molecule has 7 heteroatoms. The monoisotopic (exact) mass is 340 g/mol. The molecular formula is C16H24N2O4S. The van der Waals surface area contributed by atoms with Gasteiger partial charge in [-0.1, -0.05) is 0 Å². The van der Waals surface area contributed by atoms with Gasteiger partial charge in [0.05, 0.1) is 12.0 Å². The van der Waals surface area contributed by atoms with Gasteiger partial charge < -0.3 is 14.7 Å². The molecule has 23 heavy (non-hydrogen) atoms. The number of carboxylic acids is 1. The van der Waals surface area contributed by atoms with Crippen LogP contribution in [0.15, 0.2) is 16.8 Å². The van der Waals surface area contributed by atoms with Crippen LogP contribution in [0.2, 0.25) is 0 Å². The fourth-order valence-electron chi connectivity index (χ4n) is 2.71. The summed E-state index contributed by atoms with van der Waals surface area (Å²) in [4.78, 5) is 27.0. The van der Waals surface area contributed by atoms with Crippen LogP contribution in [0.3, 0.4) is 0 Å². The second-order valence-electron chi connectivity index (χ2n) is 7.12. The quantitative estimate of drug-likeness (QED) is 0.892. The third-order valence-electron chi connectivity index (χ3n) is 3.91. The zero-order chi connectivity index (χ0) is 17.3. The summed E-state index contributed by atoms with van der Waals surface area (Å²) >= 11 is 1.62. The standard InChI is InChI=1S/C16H24N2O4S/c1-15(2,3)22-14(21)18-10-16(11-18,7-13(19)20)17(4)8-12-5-6-23-9-12/h5-6,9H,7-8,10-11H2,1-4H3,(H,19,20). The van der Waals surface area contributed by atoms with Gasteiger partial charge >= 0.3 is 12.1 Å². The maximum atomic E-state index is 12.1. The summed E-state index contributed by atoms with van der Waals surface area (Å²) in [5.74, 6) is -0.856. The lowest BCUT2D eigenvalue weighted by Gasteiger charge is -2.53. The highest BCUT2D eigenvalue weighted by Gasteiger charge is 2.50. The van der Waals surface area contributed by atoms with Gasteiger partial charge in [-0.2, -0.15) is 11.3 Å². The van der Waals surface area contributed by atoms with Gasteiger partial charge in [0.15, 0.2) is 0 Å². The molecule has 0 aliphatic carbocycles. The first kappa shape index (κ1) is 17.7. The van der Waals surface area contributed by atoms with Crippen molar-refractivity contribution in [1.82, 2.24) is 9.80 Å². The van der Waals surface area contributed by atoms with E-state index in [0.29, 0.717) is 19.6 Å². The van der Waals surface area contributed by atoms with Gasteiger partial charge in [-0.15, -0.1) is 0 Å². The molecule has 1 aromatic rings. The number of likely N-dealkylation sites (N-methyl/N-ethyl adjacent to an activating group) is 1. The molecule has 1 aromatic heterocycles. The number of thiophene rings is 1. The summed E-state index contributed by atoms with van der Waals surface area (Å²) in [6.07, 6.45) is -0.380. The molecule has 0 spiro atoms. The molecule has 1 saturated heterocycles. The van der Waals surface area contributed by atoms with Crippen molar-refractivity contribution >= 4 is 23.4 Å². The van der Waals surface area contributed by atoms with E-state index in [-0.39, 0.29) is 12.5 Å². The number of nitrogens with zero attached hydrogens (tertiary/aromatic N) is 2. The second-order valence-corrected chi connectivity index (χ2v) is 7.90. The number of amides is 1. The summed E-state index contributed by atoms with van der Waals surface area (Å²) in [7, 11) is 1.91. The Labute approximate surface area is 140 Å². The molecule has 2 rings (SSSR count). The zero-order valence-electron chi connectivity index (χ0n) is 14.0. The average Bonchev–Trinajstić information content (AvgIpc) is 2.83. The molecule has 1 fully saturated rings. The van der Waals surface area contributed by atoms with Gasteiger partial charge in [-0.3, -0.25) is 9.69 Å². The van der Waals surface area contributed by atoms with Crippen molar-refractivity contribution in [3.63, 3.8) is 0 Å². The van der Waals surface area contributed by atoms with Crippen LogP contribution in [0, 0.1) is 0 Å². The number of carboxylic acid groups (broad SMARTS) is 1. The highest BCUT2D eigenvalue weighted by Crippen LogP contribution is 2.33. The van der Waals surface area contributed by atoms with Gasteiger partial charge in [-0.05, 0) is 50.2 Å². The highest BCUT2D eigenvalue weighted by molar-refractivity contribution is 7.07. The zero-order valence-corrected chi connectivity index (χ0v) is 14.9. The molecule has 1 N–H and O–H groups in total. The van der Waals surface area contributed by atoms with Crippen LogP contribution in [0.4, 0.5) is 4.79 Å². The Morgan fingerprint density at radius 2 is 2.09 bits per heavy atom. The number of rotatable bonds is 5. The lowest BCUT2D eigenvalue weighted by atomic mass is 9.84. The minimum atomic E-state index is -0.856.